The maximum Gasteiger partial charge on any atom is 0.321 e. The summed E-state index contributed by atoms with van der Waals surface area (Å²) in [4.78, 5) is 14.4. The van der Waals surface area contributed by atoms with Crippen LogP contribution in [0.1, 0.15) is 24.0 Å². The Hall–Kier alpha value is -2.84. The van der Waals surface area contributed by atoms with Crippen LogP contribution in [0.15, 0.2) is 54.6 Å². The summed E-state index contributed by atoms with van der Waals surface area (Å²) in [5.74, 6) is 0.685. The first-order valence-electron chi connectivity index (χ1n) is 9.37. The van der Waals surface area contributed by atoms with E-state index in [9.17, 15) is 9.90 Å². The average Bonchev–Trinajstić information content (AvgIpc) is 3.17. The smallest absolute Gasteiger partial charge is 0.321 e. The van der Waals surface area contributed by atoms with Crippen molar-refractivity contribution in [1.82, 2.24) is 4.90 Å². The predicted octanol–water partition coefficient (Wildman–Crippen LogP) is 3.41. The molecule has 2 aromatic rings. The largest absolute Gasteiger partial charge is 0.390 e. The number of nitriles is 1. The van der Waals surface area contributed by atoms with E-state index in [1.807, 2.05) is 23.1 Å². The van der Waals surface area contributed by atoms with Crippen LogP contribution in [0.25, 0.3) is 0 Å². The van der Waals surface area contributed by atoms with E-state index in [4.69, 9.17) is 5.26 Å². The Balaban J connectivity index is 1.35. The zero-order chi connectivity index (χ0) is 18.9. The fraction of sp³-hybridized carbons (Fsp3) is 0.364. The number of hydrogen-bond acceptors (Lipinski definition) is 3. The highest BCUT2D eigenvalue weighted by molar-refractivity contribution is 5.89. The lowest BCUT2D eigenvalue weighted by molar-refractivity contribution is 0.0368. The van der Waals surface area contributed by atoms with E-state index >= 15 is 0 Å². The van der Waals surface area contributed by atoms with Gasteiger partial charge in [-0.2, -0.15) is 5.26 Å². The first-order chi connectivity index (χ1) is 13.0. The second-order valence-corrected chi connectivity index (χ2v) is 7.84. The second-order valence-electron chi connectivity index (χ2n) is 7.84. The van der Waals surface area contributed by atoms with Crippen molar-refractivity contribution in [3.05, 3.63) is 65.7 Å². The highest BCUT2D eigenvalue weighted by Crippen LogP contribution is 2.45. The van der Waals surface area contributed by atoms with Gasteiger partial charge in [0.15, 0.2) is 0 Å². The molecule has 2 aliphatic rings. The Morgan fingerprint density at radius 3 is 2.52 bits per heavy atom. The highest BCUT2D eigenvalue weighted by Gasteiger charge is 2.49. The van der Waals surface area contributed by atoms with Gasteiger partial charge in [0.05, 0.1) is 17.2 Å². The monoisotopic (exact) mass is 361 g/mol. The molecule has 0 radical (unpaired) electrons. The van der Waals surface area contributed by atoms with Crippen molar-refractivity contribution in [1.29, 1.82) is 5.26 Å². The molecule has 1 aliphatic carbocycles. The number of aliphatic hydroxyl groups is 1. The van der Waals surface area contributed by atoms with E-state index < -0.39 is 5.60 Å². The summed E-state index contributed by atoms with van der Waals surface area (Å²) in [6, 6.07) is 19.0. The Morgan fingerprint density at radius 2 is 1.85 bits per heavy atom. The molecule has 2 N–H and O–H groups in total. The van der Waals surface area contributed by atoms with Gasteiger partial charge in [-0.25, -0.2) is 4.79 Å². The van der Waals surface area contributed by atoms with Crippen LogP contribution in [-0.4, -0.2) is 34.7 Å². The van der Waals surface area contributed by atoms with Crippen molar-refractivity contribution in [3.8, 4) is 6.07 Å². The third-order valence-corrected chi connectivity index (χ3v) is 5.77. The van der Waals surface area contributed by atoms with Crippen LogP contribution in [-0.2, 0) is 6.42 Å². The molecular weight excluding hydrogens is 338 g/mol. The summed E-state index contributed by atoms with van der Waals surface area (Å²) in [6.07, 6.45) is 2.15. The Labute approximate surface area is 159 Å². The standard InChI is InChI=1S/C22H23N3O2/c23-13-17-7-4-8-20(9-17)24-21(26)25-14-18-11-22(27,12-19(18)15-25)10-16-5-2-1-3-6-16/h1-9,18-19,27H,10-12,14-15H2,(H,24,26). The molecule has 2 aromatic carbocycles. The summed E-state index contributed by atoms with van der Waals surface area (Å²) in [6.45, 7) is 1.34. The fourth-order valence-corrected chi connectivity index (χ4v) is 4.62. The number of likely N-dealkylation sites (tertiary alicyclic amines) is 1. The van der Waals surface area contributed by atoms with Crippen molar-refractivity contribution in [2.45, 2.75) is 24.9 Å². The van der Waals surface area contributed by atoms with Gasteiger partial charge < -0.3 is 15.3 Å². The number of nitrogens with zero attached hydrogens (tertiary/aromatic N) is 2. The summed E-state index contributed by atoms with van der Waals surface area (Å²) in [7, 11) is 0. The molecule has 2 atom stereocenters. The van der Waals surface area contributed by atoms with Gasteiger partial charge in [0.1, 0.15) is 0 Å². The van der Waals surface area contributed by atoms with E-state index in [0.29, 0.717) is 42.6 Å². The van der Waals surface area contributed by atoms with Crippen LogP contribution in [0.2, 0.25) is 0 Å². The molecule has 1 aliphatic heterocycles. The molecule has 2 unspecified atom stereocenters. The molecule has 4 rings (SSSR count). The quantitative estimate of drug-likeness (QED) is 0.880. The van der Waals surface area contributed by atoms with Crippen molar-refractivity contribution in [2.75, 3.05) is 18.4 Å². The SMILES string of the molecule is N#Cc1cccc(NC(=O)N2CC3CC(O)(Cc4ccccc4)CC3C2)c1. The lowest BCUT2D eigenvalue weighted by atomic mass is 9.91. The molecule has 5 nitrogen and oxygen atoms in total. The number of amides is 2. The van der Waals surface area contributed by atoms with Crippen LogP contribution in [0, 0.1) is 23.2 Å². The van der Waals surface area contributed by atoms with E-state index in [1.165, 1.54) is 0 Å². The number of carbonyl (C=O) groups is 1. The van der Waals surface area contributed by atoms with Gasteiger partial charge in [0.2, 0.25) is 0 Å². The molecule has 1 saturated heterocycles. The molecule has 0 bridgehead atoms. The van der Waals surface area contributed by atoms with Crippen LogP contribution >= 0.6 is 0 Å². The van der Waals surface area contributed by atoms with Crippen LogP contribution in [0.4, 0.5) is 10.5 Å². The average molecular weight is 361 g/mol. The number of nitrogens with one attached hydrogen (secondary N) is 1. The third kappa shape index (κ3) is 3.81. The molecule has 138 valence electrons. The topological polar surface area (TPSA) is 76.4 Å². The predicted molar refractivity (Wildman–Crippen MR) is 103 cm³/mol. The maximum absolute atomic E-state index is 12.6. The number of urea groups is 1. The minimum absolute atomic E-state index is 0.133. The van der Waals surface area contributed by atoms with Crippen molar-refractivity contribution in [3.63, 3.8) is 0 Å². The molecular formula is C22H23N3O2. The Kier molecular flexibility index (Phi) is 4.59. The number of hydrogen-bond donors (Lipinski definition) is 2. The van der Waals surface area contributed by atoms with Crippen LogP contribution < -0.4 is 5.32 Å². The minimum atomic E-state index is -0.666. The summed E-state index contributed by atoms with van der Waals surface area (Å²) < 4.78 is 0. The van der Waals surface area contributed by atoms with Crippen LogP contribution in [0.5, 0.6) is 0 Å². The molecule has 5 heteroatoms. The number of carbonyl (C=O) groups excluding carboxylic acids is 1. The molecule has 1 heterocycles. The van der Waals surface area contributed by atoms with E-state index in [2.05, 4.69) is 23.5 Å². The molecule has 1 saturated carbocycles. The van der Waals surface area contributed by atoms with E-state index in [-0.39, 0.29) is 6.03 Å². The van der Waals surface area contributed by atoms with Gasteiger partial charge in [-0.15, -0.1) is 0 Å². The molecule has 2 amide bonds. The second kappa shape index (κ2) is 7.05. The highest BCUT2D eigenvalue weighted by atomic mass is 16.3. The van der Waals surface area contributed by atoms with Gasteiger partial charge >= 0.3 is 6.03 Å². The van der Waals surface area contributed by atoms with Gasteiger partial charge in [0, 0.05) is 25.2 Å². The zero-order valence-electron chi connectivity index (χ0n) is 15.1. The first-order valence-corrected chi connectivity index (χ1v) is 9.37. The summed E-state index contributed by atoms with van der Waals surface area (Å²) >= 11 is 0. The lowest BCUT2D eigenvalue weighted by Crippen LogP contribution is -2.36. The molecule has 0 aromatic heterocycles. The summed E-state index contributed by atoms with van der Waals surface area (Å²) in [5, 5.41) is 22.9. The molecule has 27 heavy (non-hydrogen) atoms. The number of fused-ring (bicyclic) bond motifs is 1. The van der Waals surface area contributed by atoms with Crippen LogP contribution in [0.3, 0.4) is 0 Å². The molecule has 0 spiro atoms. The number of rotatable bonds is 3. The number of anilines is 1. The van der Waals surface area contributed by atoms with Gasteiger partial charge in [-0.05, 0) is 48.4 Å². The summed E-state index contributed by atoms with van der Waals surface area (Å²) in [5.41, 5.74) is 1.65. The molecule has 2 fully saturated rings. The third-order valence-electron chi connectivity index (χ3n) is 5.77. The Morgan fingerprint density at radius 1 is 1.15 bits per heavy atom. The Bertz CT molecular complexity index is 861. The minimum Gasteiger partial charge on any atom is -0.390 e. The van der Waals surface area contributed by atoms with Gasteiger partial charge in [-0.3, -0.25) is 0 Å². The zero-order valence-corrected chi connectivity index (χ0v) is 15.1. The van der Waals surface area contributed by atoms with E-state index in [1.54, 1.807) is 24.3 Å². The maximum atomic E-state index is 12.6. The number of benzene rings is 2. The van der Waals surface area contributed by atoms with Crippen molar-refractivity contribution < 1.29 is 9.90 Å². The van der Waals surface area contributed by atoms with Crippen molar-refractivity contribution in [2.24, 2.45) is 11.8 Å². The fourth-order valence-electron chi connectivity index (χ4n) is 4.62. The van der Waals surface area contributed by atoms with Gasteiger partial charge in [0.25, 0.3) is 0 Å². The van der Waals surface area contributed by atoms with Crippen molar-refractivity contribution >= 4 is 11.7 Å². The lowest BCUT2D eigenvalue weighted by Gasteiger charge is -2.26. The van der Waals surface area contributed by atoms with Gasteiger partial charge in [-0.1, -0.05) is 36.4 Å². The normalized spacial score (nSPS) is 26.4. The van der Waals surface area contributed by atoms with E-state index in [0.717, 1.165) is 18.4 Å². The first kappa shape index (κ1) is 17.6.